The second kappa shape index (κ2) is 3.94. The lowest BCUT2D eigenvalue weighted by molar-refractivity contribution is -0.146. The van der Waals surface area contributed by atoms with Gasteiger partial charge in [0.15, 0.2) is 11.9 Å². The first-order valence-electron chi connectivity index (χ1n) is 5.83. The van der Waals surface area contributed by atoms with Gasteiger partial charge in [-0.3, -0.25) is 14.2 Å². The van der Waals surface area contributed by atoms with Crippen LogP contribution in [0.3, 0.4) is 0 Å². The van der Waals surface area contributed by atoms with Crippen molar-refractivity contribution >= 4 is 16.9 Å². The van der Waals surface area contributed by atoms with Crippen molar-refractivity contribution in [3.05, 3.63) is 40.4 Å². The van der Waals surface area contributed by atoms with Gasteiger partial charge in [0.25, 0.3) is 5.56 Å². The molecule has 0 unspecified atom stereocenters. The highest BCUT2D eigenvalue weighted by Crippen LogP contribution is 2.27. The Morgan fingerprint density at radius 3 is 3.00 bits per heavy atom. The van der Waals surface area contributed by atoms with E-state index in [1.807, 2.05) is 12.1 Å². The first-order chi connectivity index (χ1) is 8.66. The number of hydrogen-bond acceptors (Lipinski definition) is 4. The molecule has 18 heavy (non-hydrogen) atoms. The number of hydrogen-bond donors (Lipinski definition) is 0. The van der Waals surface area contributed by atoms with Crippen LogP contribution in [0.15, 0.2) is 29.1 Å². The lowest BCUT2D eigenvalue weighted by Crippen LogP contribution is -2.21. The third-order valence-electron chi connectivity index (χ3n) is 3.10. The summed E-state index contributed by atoms with van der Waals surface area (Å²) >= 11 is 0. The van der Waals surface area contributed by atoms with E-state index in [2.05, 4.69) is 4.98 Å². The number of ether oxygens (including phenoxy) is 1. The van der Waals surface area contributed by atoms with Gasteiger partial charge in [0.05, 0.1) is 10.9 Å². The standard InChI is InChI=1S/C13H12N2O3/c1-8(16)18-11-6-7-15-12(11)14-10-5-3-2-4-9(10)13(15)17/h2-5,11H,6-7H2,1H3/t11-/m1/s1. The Hall–Kier alpha value is -2.17. The fourth-order valence-corrected chi connectivity index (χ4v) is 2.33. The molecule has 0 aliphatic carbocycles. The van der Waals surface area contributed by atoms with Crippen LogP contribution in [0.1, 0.15) is 25.3 Å². The summed E-state index contributed by atoms with van der Waals surface area (Å²) in [7, 11) is 0. The Labute approximate surface area is 103 Å². The van der Waals surface area contributed by atoms with Crippen LogP contribution in [0, 0.1) is 0 Å². The predicted octanol–water partition coefficient (Wildman–Crippen LogP) is 1.40. The molecule has 0 amide bonds. The van der Waals surface area contributed by atoms with Crippen molar-refractivity contribution in [1.29, 1.82) is 0 Å². The van der Waals surface area contributed by atoms with Crippen molar-refractivity contribution in [3.63, 3.8) is 0 Å². The van der Waals surface area contributed by atoms with Crippen molar-refractivity contribution in [1.82, 2.24) is 9.55 Å². The largest absolute Gasteiger partial charge is 0.454 e. The minimum atomic E-state index is -0.403. The predicted molar refractivity (Wildman–Crippen MR) is 65.1 cm³/mol. The van der Waals surface area contributed by atoms with Gasteiger partial charge in [-0.2, -0.15) is 0 Å². The fraction of sp³-hybridized carbons (Fsp3) is 0.308. The highest BCUT2D eigenvalue weighted by atomic mass is 16.5. The van der Waals surface area contributed by atoms with Crippen LogP contribution in [-0.2, 0) is 16.1 Å². The van der Waals surface area contributed by atoms with Crippen molar-refractivity contribution in [2.75, 3.05) is 0 Å². The van der Waals surface area contributed by atoms with Gasteiger partial charge < -0.3 is 4.74 Å². The third kappa shape index (κ3) is 1.59. The number of esters is 1. The number of aromatic nitrogens is 2. The summed E-state index contributed by atoms with van der Waals surface area (Å²) in [5.74, 6) is 0.199. The van der Waals surface area contributed by atoms with E-state index >= 15 is 0 Å². The van der Waals surface area contributed by atoms with Crippen molar-refractivity contribution < 1.29 is 9.53 Å². The van der Waals surface area contributed by atoms with Crippen LogP contribution in [-0.4, -0.2) is 15.5 Å². The smallest absolute Gasteiger partial charge is 0.303 e. The number of carbonyl (C=O) groups is 1. The normalized spacial score (nSPS) is 17.7. The molecule has 92 valence electrons. The van der Waals surface area contributed by atoms with Gasteiger partial charge >= 0.3 is 5.97 Å². The zero-order valence-electron chi connectivity index (χ0n) is 9.92. The van der Waals surface area contributed by atoms with E-state index in [0.29, 0.717) is 29.7 Å². The van der Waals surface area contributed by atoms with Gasteiger partial charge in [0.1, 0.15) is 0 Å². The molecule has 1 aliphatic heterocycles. The summed E-state index contributed by atoms with van der Waals surface area (Å²) in [6.07, 6.45) is 0.206. The average Bonchev–Trinajstić information content (AvgIpc) is 2.73. The van der Waals surface area contributed by atoms with Gasteiger partial charge in [0, 0.05) is 19.9 Å². The lowest BCUT2D eigenvalue weighted by Gasteiger charge is -2.10. The Morgan fingerprint density at radius 1 is 1.44 bits per heavy atom. The van der Waals surface area contributed by atoms with Crippen LogP contribution in [0.4, 0.5) is 0 Å². The van der Waals surface area contributed by atoms with Crippen molar-refractivity contribution in [3.8, 4) is 0 Å². The average molecular weight is 244 g/mol. The van der Waals surface area contributed by atoms with E-state index in [0.717, 1.165) is 0 Å². The SMILES string of the molecule is CC(=O)O[C@@H]1CCn2c1nc1ccccc1c2=O. The Kier molecular flexibility index (Phi) is 2.40. The van der Waals surface area contributed by atoms with Gasteiger partial charge in [-0.05, 0) is 12.1 Å². The molecule has 1 aromatic carbocycles. The van der Waals surface area contributed by atoms with E-state index in [9.17, 15) is 9.59 Å². The molecule has 0 spiro atoms. The van der Waals surface area contributed by atoms with Crippen LogP contribution in [0.2, 0.25) is 0 Å². The molecule has 2 heterocycles. The number of nitrogens with zero attached hydrogens (tertiary/aromatic N) is 2. The Bertz CT molecular complexity index is 690. The molecule has 0 saturated carbocycles. The highest BCUT2D eigenvalue weighted by molar-refractivity contribution is 5.77. The quantitative estimate of drug-likeness (QED) is 0.711. The number of rotatable bonds is 1. The summed E-state index contributed by atoms with van der Waals surface area (Å²) < 4.78 is 6.77. The molecule has 0 N–H and O–H groups in total. The van der Waals surface area contributed by atoms with Crippen LogP contribution < -0.4 is 5.56 Å². The molecule has 1 atom stereocenters. The highest BCUT2D eigenvalue weighted by Gasteiger charge is 2.28. The third-order valence-corrected chi connectivity index (χ3v) is 3.10. The molecule has 0 bridgehead atoms. The molecular formula is C13H12N2O3. The molecular weight excluding hydrogens is 232 g/mol. The molecule has 0 saturated heterocycles. The number of benzene rings is 1. The second-order valence-electron chi connectivity index (χ2n) is 4.33. The zero-order chi connectivity index (χ0) is 12.7. The van der Waals surface area contributed by atoms with Crippen molar-refractivity contribution in [2.45, 2.75) is 26.0 Å². The topological polar surface area (TPSA) is 61.2 Å². The molecule has 3 rings (SSSR count). The summed E-state index contributed by atoms with van der Waals surface area (Å²) in [4.78, 5) is 27.7. The molecule has 0 fully saturated rings. The van der Waals surface area contributed by atoms with Crippen LogP contribution >= 0.6 is 0 Å². The van der Waals surface area contributed by atoms with E-state index in [4.69, 9.17) is 4.74 Å². The van der Waals surface area contributed by atoms with E-state index in [1.165, 1.54) is 6.92 Å². The maximum atomic E-state index is 12.2. The molecule has 1 aliphatic rings. The summed E-state index contributed by atoms with van der Waals surface area (Å²) in [5.41, 5.74) is 0.582. The summed E-state index contributed by atoms with van der Waals surface area (Å²) in [5, 5.41) is 0.602. The maximum absolute atomic E-state index is 12.2. The first kappa shape index (κ1) is 11.0. The van der Waals surface area contributed by atoms with Crippen LogP contribution in [0.25, 0.3) is 10.9 Å². The lowest BCUT2D eigenvalue weighted by atomic mass is 10.2. The Morgan fingerprint density at radius 2 is 2.22 bits per heavy atom. The van der Waals surface area contributed by atoms with Crippen LogP contribution in [0.5, 0.6) is 0 Å². The second-order valence-corrected chi connectivity index (χ2v) is 4.33. The van der Waals surface area contributed by atoms with Gasteiger partial charge in [0.2, 0.25) is 0 Å². The van der Waals surface area contributed by atoms with Gasteiger partial charge in [-0.1, -0.05) is 12.1 Å². The monoisotopic (exact) mass is 244 g/mol. The Balaban J connectivity index is 2.20. The summed E-state index contributed by atoms with van der Waals surface area (Å²) in [6.45, 7) is 1.91. The number of carbonyl (C=O) groups excluding carboxylic acids is 1. The fourth-order valence-electron chi connectivity index (χ4n) is 2.33. The van der Waals surface area contributed by atoms with E-state index in [1.54, 1.807) is 16.7 Å². The van der Waals surface area contributed by atoms with Gasteiger partial charge in [-0.15, -0.1) is 0 Å². The zero-order valence-corrected chi connectivity index (χ0v) is 9.92. The maximum Gasteiger partial charge on any atom is 0.303 e. The number of fused-ring (bicyclic) bond motifs is 2. The molecule has 5 nitrogen and oxygen atoms in total. The van der Waals surface area contributed by atoms with E-state index < -0.39 is 6.10 Å². The molecule has 1 aromatic heterocycles. The first-order valence-corrected chi connectivity index (χ1v) is 5.83. The summed E-state index contributed by atoms with van der Waals surface area (Å²) in [6, 6.07) is 7.20. The molecule has 2 aromatic rings. The molecule has 5 heteroatoms. The van der Waals surface area contributed by atoms with Gasteiger partial charge in [-0.25, -0.2) is 4.98 Å². The number of para-hydroxylation sites is 1. The minimum Gasteiger partial charge on any atom is -0.454 e. The minimum absolute atomic E-state index is 0.0646. The van der Waals surface area contributed by atoms with Crippen molar-refractivity contribution in [2.24, 2.45) is 0 Å². The van der Waals surface area contributed by atoms with E-state index in [-0.39, 0.29) is 11.5 Å². The molecule has 0 radical (unpaired) electrons.